The molecule has 1 amide bonds. The van der Waals surface area contributed by atoms with Crippen molar-refractivity contribution in [2.75, 3.05) is 13.2 Å². The maximum atomic E-state index is 13.4. The maximum absolute atomic E-state index is 13.4. The highest BCUT2D eigenvalue weighted by molar-refractivity contribution is 5.92. The molecule has 1 aliphatic rings. The summed E-state index contributed by atoms with van der Waals surface area (Å²) in [5.41, 5.74) is 6.62. The maximum Gasteiger partial charge on any atom is 0.227 e. The third kappa shape index (κ3) is 4.35. The fourth-order valence-corrected chi connectivity index (χ4v) is 4.30. The number of amides is 1. The zero-order valence-electron chi connectivity index (χ0n) is 17.5. The van der Waals surface area contributed by atoms with Crippen LogP contribution >= 0.6 is 0 Å². The first-order valence-corrected chi connectivity index (χ1v) is 10.4. The first-order chi connectivity index (χ1) is 14.0. The molecule has 0 aliphatic carbocycles. The van der Waals surface area contributed by atoms with Gasteiger partial charge in [-0.05, 0) is 62.9 Å². The van der Waals surface area contributed by atoms with E-state index in [9.17, 15) is 4.79 Å². The quantitative estimate of drug-likeness (QED) is 0.684. The molecule has 152 valence electrons. The third-order valence-electron chi connectivity index (χ3n) is 5.78. The van der Waals surface area contributed by atoms with Crippen LogP contribution in [0.1, 0.15) is 40.9 Å². The van der Waals surface area contributed by atoms with Gasteiger partial charge in [-0.15, -0.1) is 0 Å². The van der Waals surface area contributed by atoms with Crippen LogP contribution in [0.15, 0.2) is 36.5 Å². The molecule has 1 atom stereocenters. The molecule has 3 aromatic rings. The van der Waals surface area contributed by atoms with E-state index in [1.807, 2.05) is 23.1 Å². The summed E-state index contributed by atoms with van der Waals surface area (Å²) in [4.78, 5) is 23.2. The SMILES string of the molecule is Cc1cc(C)c2[nH]c(C)c(CC(=O)N(Cc3ccccn3)C[C@H]3CCCO3)c2c1. The van der Waals surface area contributed by atoms with Crippen LogP contribution in [-0.2, 0) is 22.5 Å². The van der Waals surface area contributed by atoms with Gasteiger partial charge in [0.25, 0.3) is 0 Å². The van der Waals surface area contributed by atoms with Gasteiger partial charge in [-0.25, -0.2) is 0 Å². The van der Waals surface area contributed by atoms with Crippen LogP contribution in [0.5, 0.6) is 0 Å². The van der Waals surface area contributed by atoms with Crippen LogP contribution in [-0.4, -0.2) is 40.0 Å². The average molecular weight is 392 g/mol. The number of pyridine rings is 1. The number of nitrogens with one attached hydrogen (secondary N) is 1. The van der Waals surface area contributed by atoms with Crippen molar-refractivity contribution in [3.05, 3.63) is 64.6 Å². The van der Waals surface area contributed by atoms with Gasteiger partial charge >= 0.3 is 0 Å². The number of benzene rings is 1. The van der Waals surface area contributed by atoms with Gasteiger partial charge in [0, 0.05) is 35.9 Å². The molecule has 1 fully saturated rings. The zero-order valence-corrected chi connectivity index (χ0v) is 17.5. The highest BCUT2D eigenvalue weighted by Gasteiger charge is 2.24. The normalized spacial score (nSPS) is 16.4. The standard InChI is InChI=1S/C24H29N3O2/c1-16-11-17(2)24-22(12-16)21(18(3)26-24)13-23(28)27(15-20-8-6-10-29-20)14-19-7-4-5-9-25-19/h4-5,7,9,11-12,20,26H,6,8,10,13-15H2,1-3H3/t20-/m1/s1. The summed E-state index contributed by atoms with van der Waals surface area (Å²) in [6.45, 7) is 8.19. The van der Waals surface area contributed by atoms with E-state index < -0.39 is 0 Å². The summed E-state index contributed by atoms with van der Waals surface area (Å²) >= 11 is 0. The van der Waals surface area contributed by atoms with E-state index in [1.165, 1.54) is 11.1 Å². The fourth-order valence-electron chi connectivity index (χ4n) is 4.30. The third-order valence-corrected chi connectivity index (χ3v) is 5.78. The summed E-state index contributed by atoms with van der Waals surface area (Å²) in [7, 11) is 0. The fraction of sp³-hybridized carbons (Fsp3) is 0.417. The van der Waals surface area contributed by atoms with Crippen LogP contribution in [0, 0.1) is 20.8 Å². The number of carbonyl (C=O) groups is 1. The average Bonchev–Trinajstić information content (AvgIpc) is 3.31. The molecule has 1 saturated heterocycles. The molecule has 5 nitrogen and oxygen atoms in total. The molecular weight excluding hydrogens is 362 g/mol. The van der Waals surface area contributed by atoms with Crippen molar-refractivity contribution < 1.29 is 9.53 Å². The summed E-state index contributed by atoms with van der Waals surface area (Å²) in [5, 5.41) is 1.16. The van der Waals surface area contributed by atoms with Gasteiger partial charge in [-0.2, -0.15) is 0 Å². The van der Waals surface area contributed by atoms with Gasteiger partial charge in [-0.3, -0.25) is 9.78 Å². The number of H-pyrrole nitrogens is 1. The molecule has 1 aliphatic heterocycles. The van der Waals surface area contributed by atoms with Gasteiger partial charge in [-0.1, -0.05) is 17.7 Å². The second kappa shape index (κ2) is 8.37. The first kappa shape index (κ1) is 19.6. The number of rotatable bonds is 6. The molecule has 3 heterocycles. The predicted octanol–water partition coefficient (Wildman–Crippen LogP) is 4.24. The Balaban J connectivity index is 1.60. The van der Waals surface area contributed by atoms with E-state index in [0.29, 0.717) is 19.5 Å². The van der Waals surface area contributed by atoms with Gasteiger partial charge in [0.15, 0.2) is 0 Å². The Morgan fingerprint density at radius 2 is 2.14 bits per heavy atom. The molecule has 2 aromatic heterocycles. The lowest BCUT2D eigenvalue weighted by molar-refractivity contribution is -0.132. The monoisotopic (exact) mass is 391 g/mol. The minimum absolute atomic E-state index is 0.120. The van der Waals surface area contributed by atoms with E-state index in [0.717, 1.165) is 47.3 Å². The molecule has 0 spiro atoms. The highest BCUT2D eigenvalue weighted by Crippen LogP contribution is 2.27. The number of hydrogen-bond donors (Lipinski definition) is 1. The predicted molar refractivity (Wildman–Crippen MR) is 115 cm³/mol. The molecule has 0 bridgehead atoms. The minimum atomic E-state index is 0.120. The number of carbonyl (C=O) groups excluding carboxylic acids is 1. The van der Waals surface area contributed by atoms with E-state index in [2.05, 4.69) is 42.9 Å². The van der Waals surface area contributed by atoms with Crippen LogP contribution < -0.4 is 0 Å². The summed E-state index contributed by atoms with van der Waals surface area (Å²) in [6.07, 6.45) is 4.36. The molecule has 29 heavy (non-hydrogen) atoms. The van der Waals surface area contributed by atoms with Crippen molar-refractivity contribution >= 4 is 16.8 Å². The van der Waals surface area contributed by atoms with Gasteiger partial charge in [0.2, 0.25) is 5.91 Å². The molecule has 0 radical (unpaired) electrons. The number of ether oxygens (including phenoxy) is 1. The highest BCUT2D eigenvalue weighted by atomic mass is 16.5. The number of aromatic nitrogens is 2. The lowest BCUT2D eigenvalue weighted by Gasteiger charge is -2.25. The first-order valence-electron chi connectivity index (χ1n) is 10.4. The van der Waals surface area contributed by atoms with Gasteiger partial charge < -0.3 is 14.6 Å². The Morgan fingerprint density at radius 3 is 2.86 bits per heavy atom. The van der Waals surface area contributed by atoms with E-state index in [4.69, 9.17) is 4.74 Å². The van der Waals surface area contributed by atoms with Gasteiger partial charge in [0.05, 0.1) is 24.8 Å². The lowest BCUT2D eigenvalue weighted by atomic mass is 10.0. The molecule has 1 N–H and O–H groups in total. The largest absolute Gasteiger partial charge is 0.376 e. The molecule has 0 saturated carbocycles. The Morgan fingerprint density at radius 1 is 1.28 bits per heavy atom. The topological polar surface area (TPSA) is 58.2 Å². The number of fused-ring (bicyclic) bond motifs is 1. The van der Waals surface area contributed by atoms with Crippen molar-refractivity contribution in [3.8, 4) is 0 Å². The van der Waals surface area contributed by atoms with Crippen molar-refractivity contribution in [1.82, 2.24) is 14.9 Å². The van der Waals surface area contributed by atoms with Crippen LogP contribution in [0.3, 0.4) is 0 Å². The van der Waals surface area contributed by atoms with E-state index >= 15 is 0 Å². The molecule has 0 unspecified atom stereocenters. The summed E-state index contributed by atoms with van der Waals surface area (Å²) in [6, 6.07) is 10.2. The molecular formula is C24H29N3O2. The number of nitrogens with zero attached hydrogens (tertiary/aromatic N) is 2. The summed E-state index contributed by atoms with van der Waals surface area (Å²) < 4.78 is 5.81. The van der Waals surface area contributed by atoms with E-state index in [-0.39, 0.29) is 12.0 Å². The van der Waals surface area contributed by atoms with Gasteiger partial charge in [0.1, 0.15) is 0 Å². The second-order valence-electron chi connectivity index (χ2n) is 8.14. The smallest absolute Gasteiger partial charge is 0.227 e. The van der Waals surface area contributed by atoms with E-state index in [1.54, 1.807) is 6.20 Å². The molecule has 1 aromatic carbocycles. The number of aromatic amines is 1. The Bertz CT molecular complexity index is 1000. The minimum Gasteiger partial charge on any atom is -0.376 e. The van der Waals surface area contributed by atoms with Crippen molar-refractivity contribution in [3.63, 3.8) is 0 Å². The summed E-state index contributed by atoms with van der Waals surface area (Å²) in [5.74, 6) is 0.120. The van der Waals surface area contributed by atoms with Crippen LogP contribution in [0.4, 0.5) is 0 Å². The Labute approximate surface area is 172 Å². The second-order valence-corrected chi connectivity index (χ2v) is 8.14. The molecule has 4 rings (SSSR count). The Hall–Kier alpha value is -2.66. The van der Waals surface area contributed by atoms with Crippen molar-refractivity contribution in [2.45, 2.75) is 52.7 Å². The van der Waals surface area contributed by atoms with Crippen LogP contribution in [0.25, 0.3) is 10.9 Å². The molecule has 5 heteroatoms. The van der Waals surface area contributed by atoms with Crippen LogP contribution in [0.2, 0.25) is 0 Å². The number of hydrogen-bond acceptors (Lipinski definition) is 3. The lowest BCUT2D eigenvalue weighted by Crippen LogP contribution is -2.38. The Kier molecular flexibility index (Phi) is 5.67. The zero-order chi connectivity index (χ0) is 20.4. The number of aryl methyl sites for hydroxylation is 3. The van der Waals surface area contributed by atoms with Crippen molar-refractivity contribution in [2.24, 2.45) is 0 Å². The van der Waals surface area contributed by atoms with Crippen molar-refractivity contribution in [1.29, 1.82) is 0 Å².